The molecule has 7 nitrogen and oxygen atoms in total. The molecule has 1 rings (SSSR count). The maximum atomic E-state index is 12.2. The van der Waals surface area contributed by atoms with Gasteiger partial charge in [0, 0.05) is 19.2 Å². The molecule has 0 aliphatic rings. The SMILES string of the molecule is CC(C)c1nc(S(=O)(=O)N[C@@H](C(=O)O)C(C)C)cn1C. The Labute approximate surface area is 119 Å². The van der Waals surface area contributed by atoms with Crippen LogP contribution >= 0.6 is 0 Å². The van der Waals surface area contributed by atoms with E-state index >= 15 is 0 Å². The second kappa shape index (κ2) is 5.92. The van der Waals surface area contributed by atoms with E-state index in [1.807, 2.05) is 13.8 Å². The van der Waals surface area contributed by atoms with E-state index < -0.39 is 22.0 Å². The maximum Gasteiger partial charge on any atom is 0.322 e. The van der Waals surface area contributed by atoms with Gasteiger partial charge >= 0.3 is 5.97 Å². The second-order valence-electron chi connectivity index (χ2n) is 5.38. The van der Waals surface area contributed by atoms with E-state index in [1.54, 1.807) is 25.5 Å². The van der Waals surface area contributed by atoms with Crippen molar-refractivity contribution in [2.75, 3.05) is 0 Å². The standard InChI is InChI=1S/C12H21N3O4S/c1-7(2)10(12(16)17)14-20(18,19)9-6-15(5)11(13-9)8(3)4/h6-8,10,14H,1-5H3,(H,16,17)/t10-/m1/s1. The first-order valence-electron chi connectivity index (χ1n) is 6.34. The first-order chi connectivity index (χ1) is 9.06. The minimum Gasteiger partial charge on any atom is -0.480 e. The molecule has 0 amide bonds. The predicted molar refractivity (Wildman–Crippen MR) is 73.9 cm³/mol. The number of carbonyl (C=O) groups is 1. The van der Waals surface area contributed by atoms with Gasteiger partial charge in [0.1, 0.15) is 11.9 Å². The monoisotopic (exact) mass is 303 g/mol. The van der Waals surface area contributed by atoms with Gasteiger partial charge < -0.3 is 9.67 Å². The van der Waals surface area contributed by atoms with Crippen LogP contribution in [0.25, 0.3) is 0 Å². The number of sulfonamides is 1. The van der Waals surface area contributed by atoms with Crippen molar-refractivity contribution in [2.24, 2.45) is 13.0 Å². The van der Waals surface area contributed by atoms with Crippen LogP contribution in [0.5, 0.6) is 0 Å². The summed E-state index contributed by atoms with van der Waals surface area (Å²) in [6, 6.07) is -1.18. The Kier molecular flexibility index (Phi) is 4.93. The van der Waals surface area contributed by atoms with Crippen LogP contribution < -0.4 is 4.72 Å². The predicted octanol–water partition coefficient (Wildman–Crippen LogP) is 0.931. The number of nitrogens with zero attached hydrogens (tertiary/aromatic N) is 2. The van der Waals surface area contributed by atoms with Crippen LogP contribution in [0.4, 0.5) is 0 Å². The van der Waals surface area contributed by atoms with Crippen LogP contribution in [-0.4, -0.2) is 35.1 Å². The molecule has 0 aromatic carbocycles. The topological polar surface area (TPSA) is 101 Å². The van der Waals surface area contributed by atoms with Gasteiger partial charge in [-0.1, -0.05) is 27.7 Å². The molecule has 0 spiro atoms. The van der Waals surface area contributed by atoms with Crippen molar-refractivity contribution in [1.82, 2.24) is 14.3 Å². The van der Waals surface area contributed by atoms with E-state index in [4.69, 9.17) is 5.11 Å². The lowest BCUT2D eigenvalue weighted by atomic mass is 10.1. The van der Waals surface area contributed by atoms with E-state index in [0.717, 1.165) is 0 Å². The van der Waals surface area contributed by atoms with Gasteiger partial charge in [-0.05, 0) is 5.92 Å². The Morgan fingerprint density at radius 1 is 1.35 bits per heavy atom. The molecule has 0 unspecified atom stereocenters. The average molecular weight is 303 g/mol. The molecule has 114 valence electrons. The maximum absolute atomic E-state index is 12.2. The van der Waals surface area contributed by atoms with Gasteiger partial charge in [-0.2, -0.15) is 4.72 Å². The smallest absolute Gasteiger partial charge is 0.322 e. The summed E-state index contributed by atoms with van der Waals surface area (Å²) in [4.78, 5) is 15.2. The van der Waals surface area contributed by atoms with Gasteiger partial charge in [-0.25, -0.2) is 13.4 Å². The highest BCUT2D eigenvalue weighted by atomic mass is 32.2. The van der Waals surface area contributed by atoms with E-state index in [9.17, 15) is 13.2 Å². The highest BCUT2D eigenvalue weighted by Gasteiger charge is 2.30. The van der Waals surface area contributed by atoms with Gasteiger partial charge in [0.25, 0.3) is 10.0 Å². The number of hydrogen-bond acceptors (Lipinski definition) is 4. The number of nitrogens with one attached hydrogen (secondary N) is 1. The van der Waals surface area contributed by atoms with E-state index in [2.05, 4.69) is 9.71 Å². The van der Waals surface area contributed by atoms with Gasteiger partial charge in [0.05, 0.1) is 0 Å². The molecule has 8 heteroatoms. The molecular formula is C12H21N3O4S. The van der Waals surface area contributed by atoms with E-state index in [-0.39, 0.29) is 16.9 Å². The third kappa shape index (κ3) is 3.57. The zero-order valence-corrected chi connectivity index (χ0v) is 13.1. The highest BCUT2D eigenvalue weighted by molar-refractivity contribution is 7.89. The lowest BCUT2D eigenvalue weighted by Crippen LogP contribution is -2.44. The lowest BCUT2D eigenvalue weighted by molar-refractivity contribution is -0.140. The number of aryl methyl sites for hydroxylation is 1. The lowest BCUT2D eigenvalue weighted by Gasteiger charge is -2.16. The van der Waals surface area contributed by atoms with Crippen LogP contribution in [0.3, 0.4) is 0 Å². The Hall–Kier alpha value is -1.41. The third-order valence-electron chi connectivity index (χ3n) is 2.90. The van der Waals surface area contributed by atoms with Crippen LogP contribution in [0, 0.1) is 5.92 Å². The average Bonchev–Trinajstić information content (AvgIpc) is 2.68. The molecule has 0 saturated heterocycles. The summed E-state index contributed by atoms with van der Waals surface area (Å²) in [5.74, 6) is -0.870. The molecule has 1 atom stereocenters. The molecule has 0 aliphatic heterocycles. The fourth-order valence-corrected chi connectivity index (χ4v) is 3.16. The minimum absolute atomic E-state index is 0.0734. The molecule has 1 aromatic heterocycles. The molecule has 0 saturated carbocycles. The summed E-state index contributed by atoms with van der Waals surface area (Å²) < 4.78 is 28.2. The second-order valence-corrected chi connectivity index (χ2v) is 7.05. The zero-order chi connectivity index (χ0) is 15.7. The number of imidazole rings is 1. The van der Waals surface area contributed by atoms with Crippen molar-refractivity contribution in [3.8, 4) is 0 Å². The summed E-state index contributed by atoms with van der Waals surface area (Å²) in [5, 5.41) is 8.89. The molecule has 1 aromatic rings. The van der Waals surface area contributed by atoms with E-state index in [0.29, 0.717) is 5.82 Å². The van der Waals surface area contributed by atoms with E-state index in [1.165, 1.54) is 6.20 Å². The first kappa shape index (κ1) is 16.6. The van der Waals surface area contributed by atoms with Crippen molar-refractivity contribution >= 4 is 16.0 Å². The van der Waals surface area contributed by atoms with Gasteiger partial charge in [-0.15, -0.1) is 0 Å². The number of rotatable bonds is 6. The molecule has 2 N–H and O–H groups in total. The van der Waals surface area contributed by atoms with Crippen molar-refractivity contribution < 1.29 is 18.3 Å². The van der Waals surface area contributed by atoms with Crippen LogP contribution in [0.15, 0.2) is 11.2 Å². The summed E-state index contributed by atoms with van der Waals surface area (Å²) in [6.07, 6.45) is 1.39. The fourth-order valence-electron chi connectivity index (χ4n) is 1.82. The minimum atomic E-state index is -3.95. The third-order valence-corrected chi connectivity index (χ3v) is 4.21. The Balaban J connectivity index is 3.11. The molecule has 0 fully saturated rings. The van der Waals surface area contributed by atoms with Crippen LogP contribution in [0.2, 0.25) is 0 Å². The zero-order valence-electron chi connectivity index (χ0n) is 12.3. The molecule has 1 heterocycles. The first-order valence-corrected chi connectivity index (χ1v) is 7.83. The molecule has 0 aliphatic carbocycles. The quantitative estimate of drug-likeness (QED) is 0.814. The van der Waals surface area contributed by atoms with Crippen molar-refractivity contribution in [3.63, 3.8) is 0 Å². The molecule has 0 bridgehead atoms. The van der Waals surface area contributed by atoms with Crippen molar-refractivity contribution in [2.45, 2.75) is 44.7 Å². The normalized spacial score (nSPS) is 13.9. The van der Waals surface area contributed by atoms with Crippen LogP contribution in [0.1, 0.15) is 39.4 Å². The number of carboxylic acids is 1. The Morgan fingerprint density at radius 2 is 1.90 bits per heavy atom. The molecule has 0 radical (unpaired) electrons. The molecule has 20 heavy (non-hydrogen) atoms. The van der Waals surface area contributed by atoms with Gasteiger partial charge in [-0.3, -0.25) is 4.79 Å². The number of carboxylic acid groups (broad SMARTS) is 1. The summed E-state index contributed by atoms with van der Waals surface area (Å²) in [5.41, 5.74) is 0. The number of aromatic nitrogens is 2. The Bertz CT molecular complexity index is 590. The number of hydrogen-bond donors (Lipinski definition) is 2. The number of aliphatic carboxylic acids is 1. The Morgan fingerprint density at radius 3 is 2.25 bits per heavy atom. The summed E-state index contributed by atoms with van der Waals surface area (Å²) >= 11 is 0. The highest BCUT2D eigenvalue weighted by Crippen LogP contribution is 2.17. The summed E-state index contributed by atoms with van der Waals surface area (Å²) in [6.45, 7) is 7.08. The van der Waals surface area contributed by atoms with Crippen molar-refractivity contribution in [1.29, 1.82) is 0 Å². The molecular weight excluding hydrogens is 282 g/mol. The van der Waals surface area contributed by atoms with Crippen LogP contribution in [-0.2, 0) is 21.9 Å². The largest absolute Gasteiger partial charge is 0.480 e. The van der Waals surface area contributed by atoms with Crippen molar-refractivity contribution in [3.05, 3.63) is 12.0 Å². The van der Waals surface area contributed by atoms with Gasteiger partial charge in [0.15, 0.2) is 5.03 Å². The summed E-state index contributed by atoms with van der Waals surface area (Å²) in [7, 11) is -2.24. The van der Waals surface area contributed by atoms with Gasteiger partial charge in [0.2, 0.25) is 0 Å². The fraction of sp³-hybridized carbons (Fsp3) is 0.667.